The van der Waals surface area contributed by atoms with Gasteiger partial charge in [0, 0.05) is 6.04 Å². The first-order valence-corrected chi connectivity index (χ1v) is 7.56. The van der Waals surface area contributed by atoms with Crippen LogP contribution in [0.25, 0.3) is 0 Å². The van der Waals surface area contributed by atoms with E-state index in [9.17, 15) is 0 Å². The van der Waals surface area contributed by atoms with Gasteiger partial charge < -0.3 is 10.2 Å². The SMILES string of the molecule is CC(CCN(C)C)NCC1CCCCCCC1. The summed E-state index contributed by atoms with van der Waals surface area (Å²) < 4.78 is 0. The van der Waals surface area contributed by atoms with Gasteiger partial charge in [-0.1, -0.05) is 32.1 Å². The number of rotatable bonds is 6. The van der Waals surface area contributed by atoms with Crippen molar-refractivity contribution < 1.29 is 0 Å². The normalized spacial score (nSPS) is 21.2. The Labute approximate surface area is 108 Å². The van der Waals surface area contributed by atoms with Crippen molar-refractivity contribution >= 4 is 0 Å². The van der Waals surface area contributed by atoms with E-state index >= 15 is 0 Å². The Balaban J connectivity index is 2.10. The summed E-state index contributed by atoms with van der Waals surface area (Å²) in [6.07, 6.45) is 11.5. The molecule has 0 aromatic rings. The molecule has 1 unspecified atom stereocenters. The molecule has 0 saturated heterocycles. The van der Waals surface area contributed by atoms with E-state index < -0.39 is 0 Å². The average Bonchev–Trinajstić information content (AvgIpc) is 2.24. The van der Waals surface area contributed by atoms with Gasteiger partial charge in [0.15, 0.2) is 0 Å². The molecule has 0 aliphatic heterocycles. The van der Waals surface area contributed by atoms with E-state index in [1.54, 1.807) is 0 Å². The molecule has 1 fully saturated rings. The lowest BCUT2D eigenvalue weighted by Crippen LogP contribution is -2.33. The molecule has 0 spiro atoms. The van der Waals surface area contributed by atoms with Crippen LogP contribution in [0.2, 0.25) is 0 Å². The van der Waals surface area contributed by atoms with Gasteiger partial charge in [-0.05, 0) is 59.3 Å². The molecule has 0 bridgehead atoms. The van der Waals surface area contributed by atoms with Crippen molar-refractivity contribution in [3.8, 4) is 0 Å². The summed E-state index contributed by atoms with van der Waals surface area (Å²) in [5.74, 6) is 0.942. The Morgan fingerprint density at radius 1 is 1.06 bits per heavy atom. The molecular formula is C15H32N2. The van der Waals surface area contributed by atoms with Gasteiger partial charge in [0.25, 0.3) is 0 Å². The van der Waals surface area contributed by atoms with Crippen LogP contribution in [-0.4, -0.2) is 38.1 Å². The lowest BCUT2D eigenvalue weighted by atomic mass is 9.91. The monoisotopic (exact) mass is 240 g/mol. The molecule has 2 heteroatoms. The van der Waals surface area contributed by atoms with Gasteiger partial charge in [0.2, 0.25) is 0 Å². The van der Waals surface area contributed by atoms with Crippen molar-refractivity contribution in [1.82, 2.24) is 10.2 Å². The molecule has 1 aliphatic carbocycles. The Kier molecular flexibility index (Phi) is 7.87. The van der Waals surface area contributed by atoms with Gasteiger partial charge in [-0.25, -0.2) is 0 Å². The molecule has 1 saturated carbocycles. The minimum absolute atomic E-state index is 0.669. The van der Waals surface area contributed by atoms with Crippen molar-refractivity contribution in [1.29, 1.82) is 0 Å². The maximum atomic E-state index is 3.73. The molecule has 1 N–H and O–H groups in total. The zero-order valence-electron chi connectivity index (χ0n) is 12.2. The van der Waals surface area contributed by atoms with Crippen molar-refractivity contribution in [2.75, 3.05) is 27.2 Å². The maximum absolute atomic E-state index is 3.73. The third-order valence-corrected chi connectivity index (χ3v) is 3.99. The lowest BCUT2D eigenvalue weighted by molar-refractivity contribution is 0.325. The predicted molar refractivity (Wildman–Crippen MR) is 76.4 cm³/mol. The Hall–Kier alpha value is -0.0800. The molecule has 102 valence electrons. The maximum Gasteiger partial charge on any atom is 0.00510 e. The third kappa shape index (κ3) is 7.77. The van der Waals surface area contributed by atoms with E-state index in [0.29, 0.717) is 6.04 Å². The van der Waals surface area contributed by atoms with E-state index in [1.165, 1.54) is 64.5 Å². The molecule has 2 nitrogen and oxygen atoms in total. The lowest BCUT2D eigenvalue weighted by Gasteiger charge is -2.23. The van der Waals surface area contributed by atoms with Crippen LogP contribution in [0.3, 0.4) is 0 Å². The van der Waals surface area contributed by atoms with Crippen LogP contribution in [0.5, 0.6) is 0 Å². The highest BCUT2D eigenvalue weighted by Gasteiger charge is 2.12. The van der Waals surface area contributed by atoms with Gasteiger partial charge in [-0.15, -0.1) is 0 Å². The molecule has 17 heavy (non-hydrogen) atoms. The number of nitrogens with zero attached hydrogens (tertiary/aromatic N) is 1. The summed E-state index contributed by atoms with van der Waals surface area (Å²) in [5.41, 5.74) is 0. The van der Waals surface area contributed by atoms with Gasteiger partial charge in [-0.2, -0.15) is 0 Å². The molecule has 0 aromatic heterocycles. The van der Waals surface area contributed by atoms with Gasteiger partial charge in [0.1, 0.15) is 0 Å². The Morgan fingerprint density at radius 2 is 1.65 bits per heavy atom. The minimum Gasteiger partial charge on any atom is -0.314 e. The minimum atomic E-state index is 0.669. The second-order valence-electron chi connectivity index (χ2n) is 6.11. The zero-order valence-corrected chi connectivity index (χ0v) is 12.2. The summed E-state index contributed by atoms with van der Waals surface area (Å²) >= 11 is 0. The van der Waals surface area contributed by atoms with E-state index in [-0.39, 0.29) is 0 Å². The zero-order chi connectivity index (χ0) is 12.5. The summed E-state index contributed by atoms with van der Waals surface area (Å²) in [6.45, 7) is 4.76. The third-order valence-electron chi connectivity index (χ3n) is 3.99. The first-order valence-electron chi connectivity index (χ1n) is 7.56. The fourth-order valence-electron chi connectivity index (χ4n) is 2.67. The fourth-order valence-corrected chi connectivity index (χ4v) is 2.67. The quantitative estimate of drug-likeness (QED) is 0.766. The van der Waals surface area contributed by atoms with Crippen LogP contribution in [0, 0.1) is 5.92 Å². The second-order valence-corrected chi connectivity index (χ2v) is 6.11. The van der Waals surface area contributed by atoms with Crippen molar-refractivity contribution in [3.05, 3.63) is 0 Å². The van der Waals surface area contributed by atoms with E-state index in [1.807, 2.05) is 0 Å². The highest BCUT2D eigenvalue weighted by molar-refractivity contribution is 4.69. The van der Waals surface area contributed by atoms with Crippen LogP contribution in [0.1, 0.15) is 58.3 Å². The molecule has 1 rings (SSSR count). The van der Waals surface area contributed by atoms with Gasteiger partial charge in [-0.3, -0.25) is 0 Å². The van der Waals surface area contributed by atoms with Crippen LogP contribution in [-0.2, 0) is 0 Å². The van der Waals surface area contributed by atoms with Gasteiger partial charge in [0.05, 0.1) is 0 Å². The van der Waals surface area contributed by atoms with E-state index in [0.717, 1.165) is 5.92 Å². The molecule has 0 heterocycles. The summed E-state index contributed by atoms with van der Waals surface area (Å²) in [4.78, 5) is 2.27. The van der Waals surface area contributed by atoms with E-state index in [2.05, 4.69) is 31.2 Å². The topological polar surface area (TPSA) is 15.3 Å². The van der Waals surface area contributed by atoms with Crippen LogP contribution in [0.15, 0.2) is 0 Å². The van der Waals surface area contributed by atoms with Crippen molar-refractivity contribution in [2.45, 2.75) is 64.3 Å². The first kappa shape index (κ1) is 15.0. The molecular weight excluding hydrogens is 208 g/mol. The molecule has 0 amide bonds. The average molecular weight is 240 g/mol. The predicted octanol–water partition coefficient (Wildman–Crippen LogP) is 3.28. The molecule has 1 aliphatic rings. The largest absolute Gasteiger partial charge is 0.314 e. The summed E-state index contributed by atoms with van der Waals surface area (Å²) in [6, 6.07) is 0.669. The Morgan fingerprint density at radius 3 is 2.24 bits per heavy atom. The van der Waals surface area contributed by atoms with Crippen LogP contribution < -0.4 is 5.32 Å². The number of hydrogen-bond acceptors (Lipinski definition) is 2. The molecule has 0 aromatic carbocycles. The first-order chi connectivity index (χ1) is 8.18. The van der Waals surface area contributed by atoms with Crippen molar-refractivity contribution in [3.63, 3.8) is 0 Å². The molecule has 1 atom stereocenters. The summed E-state index contributed by atoms with van der Waals surface area (Å²) in [5, 5.41) is 3.73. The van der Waals surface area contributed by atoms with Crippen LogP contribution >= 0.6 is 0 Å². The van der Waals surface area contributed by atoms with E-state index in [4.69, 9.17) is 0 Å². The summed E-state index contributed by atoms with van der Waals surface area (Å²) in [7, 11) is 4.31. The number of nitrogens with one attached hydrogen (secondary N) is 1. The van der Waals surface area contributed by atoms with Gasteiger partial charge >= 0.3 is 0 Å². The Bertz CT molecular complexity index is 172. The highest BCUT2D eigenvalue weighted by Crippen LogP contribution is 2.21. The molecule has 0 radical (unpaired) electrons. The standard InChI is InChI=1S/C15H32N2/c1-14(11-12-17(2)3)16-13-15-9-7-5-4-6-8-10-15/h14-16H,4-13H2,1-3H3. The fraction of sp³-hybridized carbons (Fsp3) is 1.00. The smallest absolute Gasteiger partial charge is 0.00510 e. The highest BCUT2D eigenvalue weighted by atomic mass is 15.1. The number of hydrogen-bond donors (Lipinski definition) is 1. The second kappa shape index (κ2) is 8.93. The van der Waals surface area contributed by atoms with Crippen molar-refractivity contribution in [2.24, 2.45) is 5.92 Å². The van der Waals surface area contributed by atoms with Crippen LogP contribution in [0.4, 0.5) is 0 Å².